The van der Waals surface area contributed by atoms with Crippen molar-refractivity contribution in [2.45, 2.75) is 6.42 Å². The Labute approximate surface area is 121 Å². The van der Waals surface area contributed by atoms with Gasteiger partial charge >= 0.3 is 5.97 Å². The van der Waals surface area contributed by atoms with E-state index < -0.39 is 5.97 Å². The number of aliphatic carboxylic acids is 1. The summed E-state index contributed by atoms with van der Waals surface area (Å²) < 4.78 is 5.12. The van der Waals surface area contributed by atoms with Crippen LogP contribution in [-0.2, 0) is 11.2 Å². The maximum absolute atomic E-state index is 10.4. The van der Waals surface area contributed by atoms with E-state index in [1.165, 1.54) is 0 Å². The van der Waals surface area contributed by atoms with Crippen molar-refractivity contribution in [3.05, 3.63) is 34.7 Å². The predicted octanol–water partition coefficient (Wildman–Crippen LogP) is 2.04. The van der Waals surface area contributed by atoms with Gasteiger partial charge in [-0.25, -0.2) is 4.98 Å². The summed E-state index contributed by atoms with van der Waals surface area (Å²) in [6.45, 7) is 0.596. The summed E-state index contributed by atoms with van der Waals surface area (Å²) in [7, 11) is 1.64. The highest BCUT2D eigenvalue weighted by Gasteiger charge is 2.05. The smallest absolute Gasteiger partial charge is 0.317 e. The zero-order valence-electron chi connectivity index (χ0n) is 11.1. The molecular formula is C14H16N2O3S. The Bertz CT molecular complexity index is 566. The van der Waals surface area contributed by atoms with E-state index in [0.29, 0.717) is 6.54 Å². The van der Waals surface area contributed by atoms with Crippen LogP contribution in [0.25, 0.3) is 11.3 Å². The molecule has 0 radical (unpaired) electrons. The number of aromatic nitrogens is 1. The number of benzene rings is 1. The number of carbonyl (C=O) groups is 1. The van der Waals surface area contributed by atoms with Crippen LogP contribution in [0.1, 0.15) is 5.01 Å². The van der Waals surface area contributed by atoms with Crippen molar-refractivity contribution in [1.82, 2.24) is 10.3 Å². The largest absolute Gasteiger partial charge is 0.497 e. The van der Waals surface area contributed by atoms with Crippen LogP contribution in [0.15, 0.2) is 29.6 Å². The van der Waals surface area contributed by atoms with Gasteiger partial charge in [-0.15, -0.1) is 11.3 Å². The zero-order chi connectivity index (χ0) is 14.4. The quantitative estimate of drug-likeness (QED) is 0.764. The van der Waals surface area contributed by atoms with Crippen LogP contribution in [0, 0.1) is 0 Å². The van der Waals surface area contributed by atoms with Gasteiger partial charge in [-0.05, 0) is 24.3 Å². The van der Waals surface area contributed by atoms with E-state index >= 15 is 0 Å². The van der Waals surface area contributed by atoms with Gasteiger partial charge in [-0.2, -0.15) is 0 Å². The Morgan fingerprint density at radius 3 is 2.80 bits per heavy atom. The number of thiazole rings is 1. The van der Waals surface area contributed by atoms with Crippen molar-refractivity contribution < 1.29 is 14.6 Å². The number of carboxylic acid groups (broad SMARTS) is 1. The fraction of sp³-hybridized carbons (Fsp3) is 0.286. The van der Waals surface area contributed by atoms with Crippen molar-refractivity contribution >= 4 is 17.3 Å². The summed E-state index contributed by atoms with van der Waals surface area (Å²) in [6, 6.07) is 7.76. The number of hydrogen-bond donors (Lipinski definition) is 2. The van der Waals surface area contributed by atoms with E-state index in [4.69, 9.17) is 9.84 Å². The van der Waals surface area contributed by atoms with Crippen LogP contribution in [0.5, 0.6) is 5.75 Å². The van der Waals surface area contributed by atoms with E-state index in [-0.39, 0.29) is 6.54 Å². The minimum Gasteiger partial charge on any atom is -0.497 e. The van der Waals surface area contributed by atoms with E-state index in [9.17, 15) is 4.79 Å². The first-order chi connectivity index (χ1) is 9.69. The third kappa shape index (κ3) is 4.04. The summed E-state index contributed by atoms with van der Waals surface area (Å²) in [6.07, 6.45) is 0.730. The molecule has 0 aliphatic carbocycles. The molecule has 0 saturated heterocycles. The molecule has 6 heteroatoms. The van der Waals surface area contributed by atoms with Crippen molar-refractivity contribution in [3.8, 4) is 17.0 Å². The Kier molecular flexibility index (Phi) is 5.09. The second-order valence-electron chi connectivity index (χ2n) is 4.18. The molecule has 106 valence electrons. The lowest BCUT2D eigenvalue weighted by Crippen LogP contribution is -2.24. The molecule has 2 aromatic rings. The molecule has 0 spiro atoms. The van der Waals surface area contributed by atoms with Crippen LogP contribution >= 0.6 is 11.3 Å². The van der Waals surface area contributed by atoms with Crippen LogP contribution in [0.3, 0.4) is 0 Å². The highest BCUT2D eigenvalue weighted by atomic mass is 32.1. The number of hydrogen-bond acceptors (Lipinski definition) is 5. The summed E-state index contributed by atoms with van der Waals surface area (Å²) in [5.74, 6) is -0.0230. The number of methoxy groups -OCH3 is 1. The molecule has 0 aliphatic rings. The number of nitrogens with one attached hydrogen (secondary N) is 1. The van der Waals surface area contributed by atoms with Crippen LogP contribution in [0.4, 0.5) is 0 Å². The molecule has 1 heterocycles. The average Bonchev–Trinajstić information content (AvgIpc) is 2.92. The van der Waals surface area contributed by atoms with Gasteiger partial charge in [0.15, 0.2) is 0 Å². The third-order valence-corrected chi connectivity index (χ3v) is 3.64. The van der Waals surface area contributed by atoms with Gasteiger partial charge in [0.05, 0.1) is 24.4 Å². The number of nitrogens with zero attached hydrogens (tertiary/aromatic N) is 1. The van der Waals surface area contributed by atoms with E-state index in [0.717, 1.165) is 28.4 Å². The average molecular weight is 292 g/mol. The number of carboxylic acids is 1. The molecule has 0 amide bonds. The summed E-state index contributed by atoms with van der Waals surface area (Å²) in [5.41, 5.74) is 1.98. The summed E-state index contributed by atoms with van der Waals surface area (Å²) in [4.78, 5) is 14.9. The fourth-order valence-corrected chi connectivity index (χ4v) is 2.52. The van der Waals surface area contributed by atoms with Gasteiger partial charge in [-0.3, -0.25) is 4.79 Å². The normalized spacial score (nSPS) is 10.4. The second-order valence-corrected chi connectivity index (χ2v) is 5.12. The van der Waals surface area contributed by atoms with Gasteiger partial charge < -0.3 is 15.2 Å². The highest BCUT2D eigenvalue weighted by molar-refractivity contribution is 7.09. The highest BCUT2D eigenvalue weighted by Crippen LogP contribution is 2.24. The van der Waals surface area contributed by atoms with Crippen LogP contribution in [0.2, 0.25) is 0 Å². The second kappa shape index (κ2) is 7.02. The van der Waals surface area contributed by atoms with Gasteiger partial charge in [0.1, 0.15) is 5.75 Å². The van der Waals surface area contributed by atoms with Gasteiger partial charge in [0, 0.05) is 23.9 Å². The Morgan fingerprint density at radius 1 is 1.40 bits per heavy atom. The number of ether oxygens (including phenoxy) is 1. The molecule has 0 fully saturated rings. The molecule has 0 saturated carbocycles. The first-order valence-electron chi connectivity index (χ1n) is 6.20. The molecule has 2 N–H and O–H groups in total. The van der Waals surface area contributed by atoms with Gasteiger partial charge in [-0.1, -0.05) is 0 Å². The van der Waals surface area contributed by atoms with Crippen molar-refractivity contribution in [2.24, 2.45) is 0 Å². The first-order valence-corrected chi connectivity index (χ1v) is 7.08. The fourth-order valence-electron chi connectivity index (χ4n) is 1.71. The summed E-state index contributed by atoms with van der Waals surface area (Å²) in [5, 5.41) is 14.4. The molecular weight excluding hydrogens is 276 g/mol. The standard InChI is InChI=1S/C14H16N2O3S/c1-19-11-4-2-10(3-5-11)12-9-20-13(16-12)6-7-15-8-14(17)18/h2-5,9,15H,6-8H2,1H3,(H,17,18). The SMILES string of the molecule is COc1ccc(-c2csc(CCNCC(=O)O)n2)cc1. The van der Waals surface area contributed by atoms with Gasteiger partial charge in [0.25, 0.3) is 0 Å². The Hall–Kier alpha value is -1.92. The van der Waals surface area contributed by atoms with Gasteiger partial charge in [0.2, 0.25) is 0 Å². The molecule has 5 nitrogen and oxygen atoms in total. The molecule has 2 rings (SSSR count). The minimum atomic E-state index is -0.844. The first kappa shape index (κ1) is 14.5. The van der Waals surface area contributed by atoms with E-state index in [2.05, 4.69) is 10.3 Å². The molecule has 1 aromatic carbocycles. The predicted molar refractivity (Wildman–Crippen MR) is 78.3 cm³/mol. The molecule has 0 atom stereocenters. The monoisotopic (exact) mass is 292 g/mol. The number of rotatable bonds is 7. The lowest BCUT2D eigenvalue weighted by Gasteiger charge is -2.01. The Balaban J connectivity index is 1.92. The Morgan fingerprint density at radius 2 is 2.15 bits per heavy atom. The van der Waals surface area contributed by atoms with E-state index in [1.807, 2.05) is 29.6 Å². The molecule has 0 aliphatic heterocycles. The zero-order valence-corrected chi connectivity index (χ0v) is 11.9. The lowest BCUT2D eigenvalue weighted by molar-refractivity contribution is -0.135. The molecule has 1 aromatic heterocycles. The third-order valence-electron chi connectivity index (χ3n) is 2.73. The van der Waals surface area contributed by atoms with Crippen molar-refractivity contribution in [1.29, 1.82) is 0 Å². The van der Waals surface area contributed by atoms with Crippen molar-refractivity contribution in [2.75, 3.05) is 20.2 Å². The topological polar surface area (TPSA) is 71.5 Å². The maximum Gasteiger partial charge on any atom is 0.317 e. The summed E-state index contributed by atoms with van der Waals surface area (Å²) >= 11 is 1.58. The maximum atomic E-state index is 10.4. The minimum absolute atomic E-state index is 0.0172. The van der Waals surface area contributed by atoms with Crippen LogP contribution in [-0.4, -0.2) is 36.3 Å². The van der Waals surface area contributed by atoms with Crippen LogP contribution < -0.4 is 10.1 Å². The molecule has 0 unspecified atom stereocenters. The lowest BCUT2D eigenvalue weighted by atomic mass is 10.2. The van der Waals surface area contributed by atoms with Crippen molar-refractivity contribution in [3.63, 3.8) is 0 Å². The molecule has 0 bridgehead atoms. The van der Waals surface area contributed by atoms with E-state index in [1.54, 1.807) is 18.4 Å². The molecule has 20 heavy (non-hydrogen) atoms.